The Morgan fingerprint density at radius 1 is 1.24 bits per heavy atom. The predicted molar refractivity (Wildman–Crippen MR) is 94.6 cm³/mol. The molecule has 25 heavy (non-hydrogen) atoms. The highest BCUT2D eigenvalue weighted by Crippen LogP contribution is 2.17. The maximum absolute atomic E-state index is 12.5. The third kappa shape index (κ3) is 3.56. The topological polar surface area (TPSA) is 73.4 Å². The number of fused-ring (bicyclic) bond motifs is 1. The van der Waals surface area contributed by atoms with Gasteiger partial charge in [0, 0.05) is 6.54 Å². The van der Waals surface area contributed by atoms with E-state index in [1.165, 1.54) is 4.68 Å². The molecule has 2 heterocycles. The molecule has 0 saturated carbocycles. The maximum Gasteiger partial charge on any atom is 0.298 e. The minimum Gasteiger partial charge on any atom is -0.494 e. The normalized spacial score (nSPS) is 11.4. The smallest absolute Gasteiger partial charge is 0.298 e. The van der Waals surface area contributed by atoms with Crippen molar-refractivity contribution in [3.05, 3.63) is 51.6 Å². The van der Waals surface area contributed by atoms with Crippen LogP contribution >= 0.6 is 0 Å². The highest BCUT2D eigenvalue weighted by Gasteiger charge is 2.15. The summed E-state index contributed by atoms with van der Waals surface area (Å²) >= 11 is 0. The van der Waals surface area contributed by atoms with Crippen LogP contribution in [0.1, 0.15) is 23.9 Å². The van der Waals surface area contributed by atoms with E-state index in [4.69, 9.17) is 9.26 Å². The summed E-state index contributed by atoms with van der Waals surface area (Å²) in [6.07, 6.45) is 0. The van der Waals surface area contributed by atoms with E-state index >= 15 is 0 Å². The largest absolute Gasteiger partial charge is 0.494 e. The molecule has 0 spiro atoms. The number of hydrogen-bond donors (Lipinski definition) is 0. The van der Waals surface area contributed by atoms with Crippen molar-refractivity contribution in [2.24, 2.45) is 0 Å². The van der Waals surface area contributed by atoms with Crippen LogP contribution in [0, 0.1) is 13.8 Å². The van der Waals surface area contributed by atoms with Crippen LogP contribution in [-0.4, -0.2) is 33.5 Å². The highest BCUT2D eigenvalue weighted by molar-refractivity contribution is 5.81. The van der Waals surface area contributed by atoms with Crippen LogP contribution in [-0.2, 0) is 13.2 Å². The summed E-state index contributed by atoms with van der Waals surface area (Å²) in [4.78, 5) is 14.5. The predicted octanol–water partition coefficient (Wildman–Crippen LogP) is 2.49. The van der Waals surface area contributed by atoms with Gasteiger partial charge in [-0.1, -0.05) is 17.3 Å². The Labute approximate surface area is 145 Å². The number of nitrogens with zero attached hydrogens (tertiary/aromatic N) is 4. The molecule has 0 aliphatic heterocycles. The lowest BCUT2D eigenvalue weighted by Crippen LogP contribution is -2.32. The van der Waals surface area contributed by atoms with Crippen LogP contribution in [0.4, 0.5) is 0 Å². The first-order valence-corrected chi connectivity index (χ1v) is 8.23. The van der Waals surface area contributed by atoms with Crippen LogP contribution in [0.5, 0.6) is 5.75 Å². The number of hydrogen-bond acceptors (Lipinski definition) is 6. The SMILES string of the molecule is CCOc1ccc(CN(C)Cn2nc(C)c3c(C)onc3c2=O)cc1. The van der Waals surface area contributed by atoms with Crippen molar-refractivity contribution in [1.29, 1.82) is 0 Å². The lowest BCUT2D eigenvalue weighted by atomic mass is 10.2. The summed E-state index contributed by atoms with van der Waals surface area (Å²) in [5.41, 5.74) is 1.97. The van der Waals surface area contributed by atoms with Gasteiger partial charge in [-0.05, 0) is 45.5 Å². The third-order valence-electron chi connectivity index (χ3n) is 3.99. The highest BCUT2D eigenvalue weighted by atomic mass is 16.5. The van der Waals surface area contributed by atoms with Gasteiger partial charge < -0.3 is 9.26 Å². The Kier molecular flexibility index (Phi) is 4.85. The Morgan fingerprint density at radius 3 is 2.64 bits per heavy atom. The molecule has 0 N–H and O–H groups in total. The van der Waals surface area contributed by atoms with Gasteiger partial charge in [0.25, 0.3) is 5.56 Å². The van der Waals surface area contributed by atoms with Gasteiger partial charge in [-0.3, -0.25) is 9.69 Å². The van der Waals surface area contributed by atoms with E-state index in [1.54, 1.807) is 6.92 Å². The second kappa shape index (κ2) is 7.06. The standard InChI is InChI=1S/C18H22N4O3/c1-5-24-15-8-6-14(7-9-15)10-21(4)11-22-18(23)17-16(12(2)19-22)13(3)25-20-17/h6-9H,5,10-11H2,1-4H3. The van der Waals surface area contributed by atoms with Crippen LogP contribution in [0.25, 0.3) is 10.9 Å². The molecule has 3 rings (SSSR count). The molecule has 7 nitrogen and oxygen atoms in total. The van der Waals surface area contributed by atoms with Gasteiger partial charge in [-0.2, -0.15) is 5.10 Å². The van der Waals surface area contributed by atoms with Gasteiger partial charge in [-0.15, -0.1) is 0 Å². The van der Waals surface area contributed by atoms with Gasteiger partial charge in [-0.25, -0.2) is 4.68 Å². The first-order valence-electron chi connectivity index (χ1n) is 8.23. The fourth-order valence-corrected chi connectivity index (χ4v) is 2.89. The van der Waals surface area contributed by atoms with E-state index in [0.717, 1.165) is 17.0 Å². The Morgan fingerprint density at radius 2 is 1.96 bits per heavy atom. The molecule has 0 bridgehead atoms. The third-order valence-corrected chi connectivity index (χ3v) is 3.99. The van der Waals surface area contributed by atoms with Gasteiger partial charge in [0.1, 0.15) is 11.5 Å². The minimum atomic E-state index is -0.240. The van der Waals surface area contributed by atoms with E-state index in [9.17, 15) is 4.79 Å². The van der Waals surface area contributed by atoms with Crippen molar-refractivity contribution in [3.8, 4) is 5.75 Å². The average molecular weight is 342 g/mol. The molecule has 0 amide bonds. The molecule has 3 aromatic rings. The first kappa shape index (κ1) is 17.2. The van der Waals surface area contributed by atoms with Crippen molar-refractivity contribution in [2.75, 3.05) is 13.7 Å². The Hall–Kier alpha value is -2.67. The van der Waals surface area contributed by atoms with Gasteiger partial charge >= 0.3 is 0 Å². The minimum absolute atomic E-state index is 0.240. The summed E-state index contributed by atoms with van der Waals surface area (Å²) in [6.45, 7) is 7.31. The number of aromatic nitrogens is 3. The van der Waals surface area contributed by atoms with Gasteiger partial charge in [0.05, 0.1) is 24.4 Å². The van der Waals surface area contributed by atoms with Gasteiger partial charge in [0.2, 0.25) is 0 Å². The van der Waals surface area contributed by atoms with E-state index in [0.29, 0.717) is 36.5 Å². The monoisotopic (exact) mass is 342 g/mol. The van der Waals surface area contributed by atoms with Crippen molar-refractivity contribution in [3.63, 3.8) is 0 Å². The van der Waals surface area contributed by atoms with E-state index in [1.807, 2.05) is 50.1 Å². The second-order valence-corrected chi connectivity index (χ2v) is 6.09. The molecule has 0 unspecified atom stereocenters. The number of rotatable bonds is 6. The number of benzene rings is 1. The van der Waals surface area contributed by atoms with Crippen LogP contribution in [0.15, 0.2) is 33.6 Å². The average Bonchev–Trinajstić information content (AvgIpc) is 2.97. The summed E-state index contributed by atoms with van der Waals surface area (Å²) < 4.78 is 12.0. The lowest BCUT2D eigenvalue weighted by molar-refractivity contribution is 0.240. The van der Waals surface area contributed by atoms with Crippen LogP contribution in [0.2, 0.25) is 0 Å². The molecule has 132 valence electrons. The molecule has 0 aliphatic carbocycles. The van der Waals surface area contributed by atoms with Crippen molar-refractivity contribution in [1.82, 2.24) is 19.8 Å². The summed E-state index contributed by atoms with van der Waals surface area (Å²) in [7, 11) is 1.94. The summed E-state index contributed by atoms with van der Waals surface area (Å²) in [5, 5.41) is 8.98. The molecule has 7 heteroatoms. The van der Waals surface area contributed by atoms with Crippen molar-refractivity contribution in [2.45, 2.75) is 34.0 Å². The molecule has 0 atom stereocenters. The molecule has 2 aromatic heterocycles. The summed E-state index contributed by atoms with van der Waals surface area (Å²) in [6, 6.07) is 7.94. The number of aryl methyl sites for hydroxylation is 2. The van der Waals surface area contributed by atoms with Gasteiger partial charge in [0.15, 0.2) is 5.52 Å². The van der Waals surface area contributed by atoms with E-state index in [-0.39, 0.29) is 5.56 Å². The maximum atomic E-state index is 12.5. The summed E-state index contributed by atoms with van der Waals surface area (Å²) in [5.74, 6) is 1.47. The molecule has 1 aromatic carbocycles. The van der Waals surface area contributed by atoms with Crippen LogP contribution < -0.4 is 10.3 Å². The molecular formula is C18H22N4O3. The zero-order valence-electron chi connectivity index (χ0n) is 14.9. The molecule has 0 aliphatic rings. The van der Waals surface area contributed by atoms with E-state index < -0.39 is 0 Å². The zero-order valence-corrected chi connectivity index (χ0v) is 14.9. The van der Waals surface area contributed by atoms with Crippen LogP contribution in [0.3, 0.4) is 0 Å². The van der Waals surface area contributed by atoms with Crippen molar-refractivity contribution >= 4 is 10.9 Å². The lowest BCUT2D eigenvalue weighted by Gasteiger charge is -2.18. The first-order chi connectivity index (χ1) is 12.0. The zero-order chi connectivity index (χ0) is 18.0. The fraction of sp³-hybridized carbons (Fsp3) is 0.389. The van der Waals surface area contributed by atoms with E-state index in [2.05, 4.69) is 10.3 Å². The number of ether oxygens (including phenoxy) is 1. The molecule has 0 fully saturated rings. The molecule has 0 radical (unpaired) electrons. The molecular weight excluding hydrogens is 320 g/mol. The quantitative estimate of drug-likeness (QED) is 0.685. The second-order valence-electron chi connectivity index (χ2n) is 6.09. The Balaban J connectivity index is 1.76. The fourth-order valence-electron chi connectivity index (χ4n) is 2.89. The Bertz CT molecular complexity index is 928. The van der Waals surface area contributed by atoms with Crippen molar-refractivity contribution < 1.29 is 9.26 Å². The molecule has 0 saturated heterocycles.